The zero-order valence-corrected chi connectivity index (χ0v) is 11.3. The normalized spacial score (nSPS) is 10.9. The molecule has 3 N–H and O–H groups in total. The van der Waals surface area contributed by atoms with Gasteiger partial charge in [0, 0.05) is 26.4 Å². The van der Waals surface area contributed by atoms with Crippen LogP contribution in [-0.2, 0) is 9.53 Å². The number of rotatable bonds is 6. The molecule has 1 rings (SSSR count). The van der Waals surface area contributed by atoms with Crippen LogP contribution in [0.5, 0.6) is 0 Å². The van der Waals surface area contributed by atoms with Gasteiger partial charge in [0.05, 0.1) is 13.2 Å². The minimum atomic E-state index is -0.124. The second-order valence-corrected chi connectivity index (χ2v) is 3.76. The summed E-state index contributed by atoms with van der Waals surface area (Å²) >= 11 is 0. The van der Waals surface area contributed by atoms with Crippen molar-refractivity contribution in [3.05, 3.63) is 30.3 Å². The van der Waals surface area contributed by atoms with Gasteiger partial charge in [-0.15, -0.1) is 0 Å². The van der Waals surface area contributed by atoms with Crippen LogP contribution in [0.4, 0.5) is 5.69 Å². The zero-order chi connectivity index (χ0) is 13.9. The number of amides is 1. The summed E-state index contributed by atoms with van der Waals surface area (Å²) in [5.74, 6) is 0.446. The number of anilines is 1. The van der Waals surface area contributed by atoms with E-state index < -0.39 is 0 Å². The molecular weight excluding hydrogens is 244 g/mol. The molecule has 0 aromatic heterocycles. The number of hydrogen-bond donors (Lipinski definition) is 3. The van der Waals surface area contributed by atoms with E-state index in [4.69, 9.17) is 4.74 Å². The molecule has 6 nitrogen and oxygen atoms in total. The third kappa shape index (κ3) is 6.42. The highest BCUT2D eigenvalue weighted by atomic mass is 16.5. The maximum absolute atomic E-state index is 11.7. The zero-order valence-electron chi connectivity index (χ0n) is 11.3. The van der Waals surface area contributed by atoms with E-state index in [0.717, 1.165) is 5.69 Å². The first-order valence-electron chi connectivity index (χ1n) is 6.04. The van der Waals surface area contributed by atoms with Crippen molar-refractivity contribution in [1.82, 2.24) is 10.6 Å². The lowest BCUT2D eigenvalue weighted by Gasteiger charge is -2.11. The molecule has 0 radical (unpaired) electrons. The molecule has 0 aliphatic carbocycles. The molecule has 0 unspecified atom stereocenters. The number of hydrogen-bond acceptors (Lipinski definition) is 3. The van der Waals surface area contributed by atoms with Crippen LogP contribution in [0.15, 0.2) is 35.3 Å². The number of nitrogens with one attached hydrogen (secondary N) is 3. The standard InChI is InChI=1S/C13H20N4O2/c1-14-13(15-8-9-19-2)16-10-12(18)17-11-6-4-3-5-7-11/h3-7H,8-10H2,1-2H3,(H,17,18)(H2,14,15,16). The van der Waals surface area contributed by atoms with Gasteiger partial charge in [-0.3, -0.25) is 9.79 Å². The predicted octanol–water partition coefficient (Wildman–Crippen LogP) is 0.437. The molecule has 0 aliphatic rings. The van der Waals surface area contributed by atoms with E-state index in [1.165, 1.54) is 0 Å². The molecule has 0 saturated carbocycles. The average Bonchev–Trinajstić information content (AvgIpc) is 2.44. The van der Waals surface area contributed by atoms with Crippen LogP contribution < -0.4 is 16.0 Å². The Hall–Kier alpha value is -2.08. The number of nitrogens with zero attached hydrogens (tertiary/aromatic N) is 1. The number of benzene rings is 1. The Morgan fingerprint density at radius 3 is 2.63 bits per heavy atom. The predicted molar refractivity (Wildman–Crippen MR) is 76.3 cm³/mol. The van der Waals surface area contributed by atoms with Gasteiger partial charge in [0.25, 0.3) is 0 Å². The summed E-state index contributed by atoms with van der Waals surface area (Å²) in [7, 11) is 3.28. The molecule has 104 valence electrons. The number of ether oxygens (including phenoxy) is 1. The Balaban J connectivity index is 2.29. The van der Waals surface area contributed by atoms with Gasteiger partial charge in [0.1, 0.15) is 0 Å². The SMILES string of the molecule is CN=C(NCCOC)NCC(=O)Nc1ccccc1. The van der Waals surface area contributed by atoms with Crippen LogP contribution in [0, 0.1) is 0 Å². The summed E-state index contributed by atoms with van der Waals surface area (Å²) in [6.45, 7) is 1.37. The van der Waals surface area contributed by atoms with Crippen LogP contribution in [-0.4, -0.2) is 45.7 Å². The maximum Gasteiger partial charge on any atom is 0.243 e. The van der Waals surface area contributed by atoms with Gasteiger partial charge in [-0.2, -0.15) is 0 Å². The molecule has 1 aromatic rings. The largest absolute Gasteiger partial charge is 0.383 e. The number of guanidine groups is 1. The van der Waals surface area contributed by atoms with Crippen molar-refractivity contribution in [3.8, 4) is 0 Å². The van der Waals surface area contributed by atoms with Crippen molar-refractivity contribution in [2.45, 2.75) is 0 Å². The summed E-state index contributed by atoms with van der Waals surface area (Å²) in [5.41, 5.74) is 0.775. The fourth-order valence-corrected chi connectivity index (χ4v) is 1.38. The lowest BCUT2D eigenvalue weighted by Crippen LogP contribution is -2.42. The summed E-state index contributed by atoms with van der Waals surface area (Å²) in [4.78, 5) is 15.7. The maximum atomic E-state index is 11.7. The van der Waals surface area contributed by atoms with E-state index >= 15 is 0 Å². The van der Waals surface area contributed by atoms with E-state index in [0.29, 0.717) is 19.1 Å². The highest BCUT2D eigenvalue weighted by Gasteiger charge is 2.03. The number of aliphatic imine (C=N–C) groups is 1. The molecule has 0 spiro atoms. The van der Waals surface area contributed by atoms with Crippen molar-refractivity contribution in [1.29, 1.82) is 0 Å². The smallest absolute Gasteiger partial charge is 0.243 e. The van der Waals surface area contributed by atoms with Crippen molar-refractivity contribution in [3.63, 3.8) is 0 Å². The lowest BCUT2D eigenvalue weighted by atomic mass is 10.3. The third-order valence-electron chi connectivity index (χ3n) is 2.30. The molecule has 0 bridgehead atoms. The molecule has 0 saturated heterocycles. The first-order valence-corrected chi connectivity index (χ1v) is 6.04. The molecule has 0 aliphatic heterocycles. The minimum absolute atomic E-state index is 0.124. The van der Waals surface area contributed by atoms with E-state index in [1.54, 1.807) is 14.2 Å². The second-order valence-electron chi connectivity index (χ2n) is 3.76. The van der Waals surface area contributed by atoms with Crippen molar-refractivity contribution >= 4 is 17.6 Å². The first-order chi connectivity index (χ1) is 9.26. The number of carbonyl (C=O) groups is 1. The molecular formula is C13H20N4O2. The number of para-hydroxylation sites is 1. The van der Waals surface area contributed by atoms with Crippen LogP contribution in [0.1, 0.15) is 0 Å². The second kappa shape index (κ2) is 8.93. The van der Waals surface area contributed by atoms with E-state index in [-0.39, 0.29) is 12.5 Å². The topological polar surface area (TPSA) is 74.8 Å². The first kappa shape index (κ1) is 15.0. The summed E-state index contributed by atoms with van der Waals surface area (Å²) in [6, 6.07) is 9.31. The van der Waals surface area contributed by atoms with E-state index in [2.05, 4.69) is 20.9 Å². The lowest BCUT2D eigenvalue weighted by molar-refractivity contribution is -0.115. The monoisotopic (exact) mass is 264 g/mol. The summed E-state index contributed by atoms with van der Waals surface area (Å²) in [6.07, 6.45) is 0. The molecule has 1 aromatic carbocycles. The summed E-state index contributed by atoms with van der Waals surface area (Å²) < 4.78 is 4.92. The van der Waals surface area contributed by atoms with Gasteiger partial charge >= 0.3 is 0 Å². The van der Waals surface area contributed by atoms with Crippen LogP contribution in [0.25, 0.3) is 0 Å². The Morgan fingerprint density at radius 2 is 2.00 bits per heavy atom. The number of methoxy groups -OCH3 is 1. The van der Waals surface area contributed by atoms with Crippen molar-refractivity contribution < 1.29 is 9.53 Å². The molecule has 0 atom stereocenters. The van der Waals surface area contributed by atoms with Gasteiger partial charge in [0.15, 0.2) is 5.96 Å². The average molecular weight is 264 g/mol. The fourth-order valence-electron chi connectivity index (χ4n) is 1.38. The van der Waals surface area contributed by atoms with E-state index in [9.17, 15) is 4.79 Å². The molecule has 1 amide bonds. The third-order valence-corrected chi connectivity index (χ3v) is 2.30. The number of carbonyl (C=O) groups excluding carboxylic acids is 1. The Bertz CT molecular complexity index is 406. The Morgan fingerprint density at radius 1 is 1.26 bits per heavy atom. The van der Waals surface area contributed by atoms with Crippen molar-refractivity contribution in [2.24, 2.45) is 4.99 Å². The molecule has 0 fully saturated rings. The molecule has 0 heterocycles. The van der Waals surface area contributed by atoms with Crippen LogP contribution in [0.2, 0.25) is 0 Å². The highest BCUT2D eigenvalue weighted by molar-refractivity contribution is 5.94. The van der Waals surface area contributed by atoms with E-state index in [1.807, 2.05) is 30.3 Å². The Kier molecular flexibility index (Phi) is 7.04. The van der Waals surface area contributed by atoms with Crippen molar-refractivity contribution in [2.75, 3.05) is 39.2 Å². The quantitative estimate of drug-likeness (QED) is 0.396. The van der Waals surface area contributed by atoms with Gasteiger partial charge in [-0.1, -0.05) is 18.2 Å². The molecule has 19 heavy (non-hydrogen) atoms. The van der Waals surface area contributed by atoms with Gasteiger partial charge in [-0.05, 0) is 12.1 Å². The van der Waals surface area contributed by atoms with Gasteiger partial charge in [0.2, 0.25) is 5.91 Å². The van der Waals surface area contributed by atoms with Gasteiger partial charge < -0.3 is 20.7 Å². The fraction of sp³-hybridized carbons (Fsp3) is 0.385. The molecule has 6 heteroatoms. The van der Waals surface area contributed by atoms with Gasteiger partial charge in [-0.25, -0.2) is 0 Å². The van der Waals surface area contributed by atoms with Crippen LogP contribution in [0.3, 0.4) is 0 Å². The Labute approximate surface area is 113 Å². The minimum Gasteiger partial charge on any atom is -0.383 e. The summed E-state index contributed by atoms with van der Waals surface area (Å²) in [5, 5.41) is 8.72. The van der Waals surface area contributed by atoms with Crippen LogP contribution >= 0.6 is 0 Å². The highest BCUT2D eigenvalue weighted by Crippen LogP contribution is 2.03.